The molecule has 0 spiro atoms. The number of methoxy groups -OCH3 is 1. The molecule has 3 rings (SSSR count). The topological polar surface area (TPSA) is 60.8 Å². The number of aromatic nitrogens is 1. The standard InChI is InChI=1S/C22H28N2O4/c1-14-10-20(21(25)13-23-11-15(2)28-16(3)12-23)17(4)24(14)19-8-6-18(7-9-19)22(26)27-5/h6-10,15-16H,11-13H2,1-5H3/t15-,16-/m1/s1. The van der Waals surface area contributed by atoms with E-state index in [1.165, 1.54) is 7.11 Å². The van der Waals surface area contributed by atoms with Crippen molar-refractivity contribution in [2.75, 3.05) is 26.7 Å². The number of esters is 1. The number of hydrogen-bond donors (Lipinski definition) is 0. The number of hydrogen-bond acceptors (Lipinski definition) is 5. The number of nitrogens with zero attached hydrogens (tertiary/aromatic N) is 2. The Morgan fingerprint density at radius 2 is 1.71 bits per heavy atom. The van der Waals surface area contributed by atoms with Crippen molar-refractivity contribution in [2.45, 2.75) is 39.9 Å². The van der Waals surface area contributed by atoms with E-state index in [1.807, 2.05) is 50.5 Å². The van der Waals surface area contributed by atoms with Gasteiger partial charge in [-0.2, -0.15) is 0 Å². The fourth-order valence-corrected chi connectivity index (χ4v) is 4.01. The van der Waals surface area contributed by atoms with Gasteiger partial charge >= 0.3 is 5.97 Å². The molecule has 1 aromatic carbocycles. The molecule has 0 saturated carbocycles. The number of Topliss-reactive ketones (excluding diaryl/α,β-unsaturated/α-hetero) is 1. The van der Waals surface area contributed by atoms with Crippen LogP contribution in [0.15, 0.2) is 30.3 Å². The average Bonchev–Trinajstić information content (AvgIpc) is 2.94. The average molecular weight is 384 g/mol. The molecule has 1 aliphatic rings. The van der Waals surface area contributed by atoms with Crippen LogP contribution < -0.4 is 0 Å². The van der Waals surface area contributed by atoms with E-state index in [-0.39, 0.29) is 24.0 Å². The van der Waals surface area contributed by atoms with E-state index >= 15 is 0 Å². The minimum Gasteiger partial charge on any atom is -0.465 e. The molecule has 1 aromatic heterocycles. The van der Waals surface area contributed by atoms with Crippen LogP contribution >= 0.6 is 0 Å². The van der Waals surface area contributed by atoms with Crippen molar-refractivity contribution in [3.05, 3.63) is 52.8 Å². The third-order valence-electron chi connectivity index (χ3n) is 5.14. The van der Waals surface area contributed by atoms with Crippen molar-refractivity contribution < 1.29 is 19.1 Å². The minimum atomic E-state index is -0.364. The summed E-state index contributed by atoms with van der Waals surface area (Å²) in [6.45, 7) is 9.95. The fraction of sp³-hybridized carbons (Fsp3) is 0.455. The zero-order valence-electron chi connectivity index (χ0n) is 17.2. The Hall–Kier alpha value is -2.44. The Labute approximate surface area is 166 Å². The molecule has 0 radical (unpaired) electrons. The molecular weight excluding hydrogens is 356 g/mol. The Kier molecular flexibility index (Phi) is 6.01. The van der Waals surface area contributed by atoms with Crippen LogP contribution in [0.5, 0.6) is 0 Å². The smallest absolute Gasteiger partial charge is 0.337 e. The highest BCUT2D eigenvalue weighted by Crippen LogP contribution is 2.22. The maximum atomic E-state index is 13.0. The molecule has 0 N–H and O–H groups in total. The second-order valence-corrected chi connectivity index (χ2v) is 7.53. The van der Waals surface area contributed by atoms with Gasteiger partial charge in [0.15, 0.2) is 5.78 Å². The molecule has 1 saturated heterocycles. The molecule has 0 amide bonds. The summed E-state index contributed by atoms with van der Waals surface area (Å²) in [5.41, 5.74) is 4.04. The van der Waals surface area contributed by atoms with Gasteiger partial charge in [0.1, 0.15) is 0 Å². The van der Waals surface area contributed by atoms with E-state index in [0.29, 0.717) is 12.1 Å². The number of rotatable bonds is 5. The Bertz CT molecular complexity index is 859. The van der Waals surface area contributed by atoms with E-state index in [1.54, 1.807) is 12.1 Å². The molecule has 6 heteroatoms. The van der Waals surface area contributed by atoms with Gasteiger partial charge in [0.05, 0.1) is 31.4 Å². The number of aryl methyl sites for hydroxylation is 1. The van der Waals surface area contributed by atoms with Crippen molar-refractivity contribution in [1.82, 2.24) is 9.47 Å². The molecule has 2 heterocycles. The molecule has 1 aliphatic heterocycles. The van der Waals surface area contributed by atoms with Crippen LogP contribution in [0.2, 0.25) is 0 Å². The first-order valence-corrected chi connectivity index (χ1v) is 9.58. The quantitative estimate of drug-likeness (QED) is 0.585. The summed E-state index contributed by atoms with van der Waals surface area (Å²) in [7, 11) is 1.37. The number of benzene rings is 1. The SMILES string of the molecule is COC(=O)c1ccc(-n2c(C)cc(C(=O)CN3C[C@@H](C)O[C@H](C)C3)c2C)cc1. The first-order valence-electron chi connectivity index (χ1n) is 9.58. The zero-order valence-corrected chi connectivity index (χ0v) is 17.2. The summed E-state index contributed by atoms with van der Waals surface area (Å²) >= 11 is 0. The molecule has 2 atom stereocenters. The number of morpholine rings is 1. The maximum absolute atomic E-state index is 13.0. The van der Waals surface area contributed by atoms with Crippen LogP contribution in [0.25, 0.3) is 5.69 Å². The Morgan fingerprint density at radius 3 is 2.29 bits per heavy atom. The van der Waals surface area contributed by atoms with Crippen LogP contribution in [-0.2, 0) is 9.47 Å². The summed E-state index contributed by atoms with van der Waals surface area (Å²) in [5, 5.41) is 0. The Morgan fingerprint density at radius 1 is 1.11 bits per heavy atom. The van der Waals surface area contributed by atoms with Crippen LogP contribution in [0.3, 0.4) is 0 Å². The van der Waals surface area contributed by atoms with Crippen LogP contribution in [-0.4, -0.2) is 60.2 Å². The highest BCUT2D eigenvalue weighted by Gasteiger charge is 2.25. The summed E-state index contributed by atoms with van der Waals surface area (Å²) in [5.74, 6) is -0.246. The monoisotopic (exact) mass is 384 g/mol. The van der Waals surface area contributed by atoms with Crippen molar-refractivity contribution in [2.24, 2.45) is 0 Å². The van der Waals surface area contributed by atoms with E-state index in [4.69, 9.17) is 9.47 Å². The number of carbonyl (C=O) groups excluding carboxylic acids is 2. The molecule has 1 fully saturated rings. The van der Waals surface area contributed by atoms with Crippen molar-refractivity contribution in [3.8, 4) is 5.69 Å². The van der Waals surface area contributed by atoms with Crippen molar-refractivity contribution in [1.29, 1.82) is 0 Å². The van der Waals surface area contributed by atoms with Gasteiger partial charge < -0.3 is 14.0 Å². The number of ketones is 1. The lowest BCUT2D eigenvalue weighted by molar-refractivity contribution is -0.0652. The van der Waals surface area contributed by atoms with Crippen molar-refractivity contribution >= 4 is 11.8 Å². The van der Waals surface area contributed by atoms with Crippen molar-refractivity contribution in [3.63, 3.8) is 0 Å². The molecule has 0 unspecified atom stereocenters. The maximum Gasteiger partial charge on any atom is 0.337 e. The molecule has 0 aliphatic carbocycles. The third kappa shape index (κ3) is 4.18. The van der Waals surface area contributed by atoms with Gasteiger partial charge in [-0.3, -0.25) is 9.69 Å². The predicted molar refractivity (Wildman–Crippen MR) is 107 cm³/mol. The first-order chi connectivity index (χ1) is 13.3. The fourth-order valence-electron chi connectivity index (χ4n) is 4.01. The predicted octanol–water partition coefficient (Wildman–Crippen LogP) is 3.17. The molecular formula is C22H28N2O4. The van der Waals surface area contributed by atoms with Crippen LogP contribution in [0.1, 0.15) is 46.0 Å². The normalized spacial score (nSPS) is 20.2. The van der Waals surface area contributed by atoms with Gasteiger partial charge in [0, 0.05) is 35.7 Å². The van der Waals surface area contributed by atoms with Gasteiger partial charge in [-0.25, -0.2) is 4.79 Å². The highest BCUT2D eigenvalue weighted by atomic mass is 16.5. The summed E-state index contributed by atoms with van der Waals surface area (Å²) in [6, 6.07) is 9.15. The van der Waals surface area contributed by atoms with Crippen LogP contribution in [0, 0.1) is 13.8 Å². The van der Waals surface area contributed by atoms with Gasteiger partial charge in [0.25, 0.3) is 0 Å². The second kappa shape index (κ2) is 8.29. The number of ether oxygens (including phenoxy) is 2. The largest absolute Gasteiger partial charge is 0.465 e. The lowest BCUT2D eigenvalue weighted by Gasteiger charge is -2.34. The lowest BCUT2D eigenvalue weighted by atomic mass is 10.1. The van der Waals surface area contributed by atoms with E-state index in [2.05, 4.69) is 4.90 Å². The van der Waals surface area contributed by atoms with E-state index < -0.39 is 0 Å². The number of carbonyl (C=O) groups is 2. The third-order valence-corrected chi connectivity index (χ3v) is 5.14. The molecule has 6 nitrogen and oxygen atoms in total. The molecule has 150 valence electrons. The van der Waals surface area contributed by atoms with E-state index in [0.717, 1.165) is 35.7 Å². The van der Waals surface area contributed by atoms with E-state index in [9.17, 15) is 9.59 Å². The highest BCUT2D eigenvalue weighted by molar-refractivity contribution is 5.99. The zero-order chi connectivity index (χ0) is 20.4. The second-order valence-electron chi connectivity index (χ2n) is 7.53. The van der Waals surface area contributed by atoms with Crippen LogP contribution in [0.4, 0.5) is 0 Å². The van der Waals surface area contributed by atoms with Gasteiger partial charge in [-0.1, -0.05) is 0 Å². The van der Waals surface area contributed by atoms with Gasteiger partial charge in [0.2, 0.25) is 0 Å². The van der Waals surface area contributed by atoms with Gasteiger partial charge in [-0.15, -0.1) is 0 Å². The molecule has 0 bridgehead atoms. The summed E-state index contributed by atoms with van der Waals surface area (Å²) in [6.07, 6.45) is 0.273. The lowest BCUT2D eigenvalue weighted by Crippen LogP contribution is -2.47. The summed E-state index contributed by atoms with van der Waals surface area (Å²) < 4.78 is 12.5. The minimum absolute atomic E-state index is 0.117. The summed E-state index contributed by atoms with van der Waals surface area (Å²) in [4.78, 5) is 26.8. The Balaban J connectivity index is 1.81. The molecule has 2 aromatic rings. The molecule has 28 heavy (non-hydrogen) atoms. The van der Waals surface area contributed by atoms with Gasteiger partial charge in [-0.05, 0) is 58.0 Å². The first kappa shape index (κ1) is 20.3.